The molecule has 0 saturated carbocycles. The highest BCUT2D eigenvalue weighted by Crippen LogP contribution is 2.25. The molecule has 1 atom stereocenters. The predicted octanol–water partition coefficient (Wildman–Crippen LogP) is 3.63. The second-order valence-corrected chi connectivity index (χ2v) is 12.8. The van der Waals surface area contributed by atoms with Gasteiger partial charge in [0.25, 0.3) is 0 Å². The van der Waals surface area contributed by atoms with Crippen LogP contribution < -0.4 is 15.4 Å². The Morgan fingerprint density at radius 1 is 1.13 bits per heavy atom. The molecule has 45 heavy (non-hydrogen) atoms. The normalized spacial score (nSPS) is 18.3. The Morgan fingerprint density at radius 2 is 1.93 bits per heavy atom. The largest absolute Gasteiger partial charge is 0.460 e. The van der Waals surface area contributed by atoms with E-state index in [1.807, 2.05) is 55.5 Å². The Bertz CT molecular complexity index is 1490. The summed E-state index contributed by atoms with van der Waals surface area (Å²) in [5.41, 5.74) is 3.46. The van der Waals surface area contributed by atoms with Crippen molar-refractivity contribution >= 4 is 29.1 Å². The third kappa shape index (κ3) is 8.58. The van der Waals surface area contributed by atoms with Gasteiger partial charge in [0.2, 0.25) is 17.8 Å². The standard InChI is InChI=1S/C33H47N9O3/c1-23(2)28-21-35-42-30(28)37-33(45-27-13-17-40(5)18-14-27)38-32(42)34-20-24-9-6-11-26(19-24)36-31(44)25-10-7-16-41(22-25)29(43)12-8-15-39(3)4/h6,8-9,11-12,19,21,23,25,27H,7,10,13-18,20,22H2,1-5H3,(H,36,44)(H,34,37,38)/b12-8+. The molecule has 12 heteroatoms. The first kappa shape index (κ1) is 32.4. The van der Waals surface area contributed by atoms with E-state index in [-0.39, 0.29) is 29.8 Å². The van der Waals surface area contributed by atoms with Crippen molar-refractivity contribution in [2.24, 2.45) is 5.92 Å². The quantitative estimate of drug-likeness (QED) is 0.311. The molecule has 0 bridgehead atoms. The number of hydrogen-bond donors (Lipinski definition) is 2. The maximum atomic E-state index is 13.2. The van der Waals surface area contributed by atoms with Crippen molar-refractivity contribution in [3.05, 3.63) is 53.7 Å². The molecule has 2 fully saturated rings. The molecule has 3 aromatic rings. The molecule has 242 valence electrons. The van der Waals surface area contributed by atoms with Crippen molar-refractivity contribution in [3.8, 4) is 6.01 Å². The van der Waals surface area contributed by atoms with Gasteiger partial charge in [0.05, 0.1) is 12.1 Å². The molecule has 0 radical (unpaired) electrons. The summed E-state index contributed by atoms with van der Waals surface area (Å²) in [6, 6.07) is 8.12. The average Bonchev–Trinajstić information content (AvgIpc) is 3.46. The second kappa shape index (κ2) is 14.8. The number of aromatic nitrogens is 4. The van der Waals surface area contributed by atoms with Gasteiger partial charge in [-0.05, 0) is 70.4 Å². The van der Waals surface area contributed by atoms with Crippen molar-refractivity contribution in [1.82, 2.24) is 34.3 Å². The van der Waals surface area contributed by atoms with Crippen LogP contribution >= 0.6 is 0 Å². The Balaban J connectivity index is 1.24. The van der Waals surface area contributed by atoms with Gasteiger partial charge < -0.3 is 30.1 Å². The number of anilines is 2. The molecule has 2 aliphatic heterocycles. The fraction of sp³-hybridized carbons (Fsp3) is 0.545. The molecule has 0 spiro atoms. The number of carbonyl (C=O) groups excluding carboxylic acids is 2. The minimum Gasteiger partial charge on any atom is -0.460 e. The van der Waals surface area contributed by atoms with Crippen LogP contribution in [0.5, 0.6) is 6.01 Å². The van der Waals surface area contributed by atoms with Crippen LogP contribution in [0.3, 0.4) is 0 Å². The van der Waals surface area contributed by atoms with Crippen LogP contribution in [-0.2, 0) is 16.1 Å². The van der Waals surface area contributed by atoms with Gasteiger partial charge >= 0.3 is 6.01 Å². The number of likely N-dealkylation sites (tertiary alicyclic amines) is 2. The summed E-state index contributed by atoms with van der Waals surface area (Å²) >= 11 is 0. The van der Waals surface area contributed by atoms with Crippen molar-refractivity contribution in [1.29, 1.82) is 0 Å². The van der Waals surface area contributed by atoms with E-state index in [1.54, 1.807) is 15.5 Å². The molecular weight excluding hydrogens is 570 g/mol. The maximum Gasteiger partial charge on any atom is 0.322 e. The van der Waals surface area contributed by atoms with Gasteiger partial charge in [-0.15, -0.1) is 0 Å². The summed E-state index contributed by atoms with van der Waals surface area (Å²) in [6.07, 6.45) is 8.82. The third-order valence-corrected chi connectivity index (χ3v) is 8.41. The first-order valence-electron chi connectivity index (χ1n) is 16.0. The van der Waals surface area contributed by atoms with Crippen LogP contribution in [-0.4, -0.2) is 106 Å². The van der Waals surface area contributed by atoms with Crippen LogP contribution in [0.1, 0.15) is 56.6 Å². The van der Waals surface area contributed by atoms with E-state index in [0.29, 0.717) is 43.8 Å². The molecule has 2 aromatic heterocycles. The number of nitrogens with one attached hydrogen (secondary N) is 2. The number of hydrogen-bond acceptors (Lipinski definition) is 9. The summed E-state index contributed by atoms with van der Waals surface area (Å²) in [6.45, 7) is 8.47. The first-order valence-corrected chi connectivity index (χ1v) is 16.0. The van der Waals surface area contributed by atoms with Crippen LogP contribution in [0.25, 0.3) is 5.65 Å². The van der Waals surface area contributed by atoms with E-state index >= 15 is 0 Å². The third-order valence-electron chi connectivity index (χ3n) is 8.41. The number of nitrogens with zero attached hydrogens (tertiary/aromatic N) is 7. The van der Waals surface area contributed by atoms with Crippen LogP contribution in [0.15, 0.2) is 42.6 Å². The molecule has 2 aliphatic rings. The Kier molecular flexibility index (Phi) is 10.7. The van der Waals surface area contributed by atoms with E-state index in [0.717, 1.165) is 55.5 Å². The van der Waals surface area contributed by atoms with Gasteiger partial charge in [-0.2, -0.15) is 19.6 Å². The molecular formula is C33H47N9O3. The van der Waals surface area contributed by atoms with E-state index in [4.69, 9.17) is 14.7 Å². The van der Waals surface area contributed by atoms with E-state index in [1.165, 1.54) is 0 Å². The van der Waals surface area contributed by atoms with Gasteiger partial charge in [-0.25, -0.2) is 0 Å². The summed E-state index contributed by atoms with van der Waals surface area (Å²) in [7, 11) is 6.04. The fourth-order valence-corrected chi connectivity index (χ4v) is 5.75. The van der Waals surface area contributed by atoms with Gasteiger partial charge in [0, 0.05) is 56.6 Å². The number of carbonyl (C=O) groups is 2. The summed E-state index contributed by atoms with van der Waals surface area (Å²) < 4.78 is 8.00. The molecule has 0 aliphatic carbocycles. The lowest BCUT2D eigenvalue weighted by Crippen LogP contribution is -2.43. The van der Waals surface area contributed by atoms with Crippen molar-refractivity contribution < 1.29 is 14.3 Å². The van der Waals surface area contributed by atoms with Crippen LogP contribution in [0.2, 0.25) is 0 Å². The number of likely N-dealkylation sites (N-methyl/N-ethyl adjacent to an activating group) is 1. The van der Waals surface area contributed by atoms with E-state index < -0.39 is 0 Å². The molecule has 5 rings (SSSR count). The number of piperidine rings is 2. The number of ether oxygens (including phenoxy) is 1. The summed E-state index contributed by atoms with van der Waals surface area (Å²) in [5.74, 6) is 0.435. The predicted molar refractivity (Wildman–Crippen MR) is 175 cm³/mol. The Morgan fingerprint density at radius 3 is 2.69 bits per heavy atom. The number of rotatable bonds is 11. The zero-order chi connectivity index (χ0) is 31.9. The molecule has 2 amide bonds. The first-order chi connectivity index (χ1) is 21.7. The second-order valence-electron chi connectivity index (χ2n) is 12.8. The Hall–Kier alpha value is -4.03. The van der Waals surface area contributed by atoms with E-state index in [9.17, 15) is 9.59 Å². The smallest absolute Gasteiger partial charge is 0.322 e. The Labute approximate surface area is 265 Å². The van der Waals surface area contributed by atoms with Crippen molar-refractivity contribution in [2.45, 2.75) is 58.1 Å². The highest BCUT2D eigenvalue weighted by Gasteiger charge is 2.28. The molecule has 12 nitrogen and oxygen atoms in total. The maximum absolute atomic E-state index is 13.2. The fourth-order valence-electron chi connectivity index (χ4n) is 5.75. The SMILES string of the molecule is CC(C)c1cnn2c(NCc3cccc(NC(=O)C4CCCN(C(=O)/C=C/CN(C)C)C4)c3)nc(OC3CCN(C)CC3)nc12. The monoisotopic (exact) mass is 617 g/mol. The minimum atomic E-state index is -0.251. The van der Waals surface area contributed by atoms with Crippen LogP contribution in [0.4, 0.5) is 11.6 Å². The lowest BCUT2D eigenvalue weighted by molar-refractivity contribution is -0.130. The molecule has 2 saturated heterocycles. The minimum absolute atomic E-state index is 0.0427. The lowest BCUT2D eigenvalue weighted by atomic mass is 9.97. The van der Waals surface area contributed by atoms with Crippen LogP contribution in [0, 0.1) is 5.92 Å². The molecule has 1 unspecified atom stereocenters. The van der Waals surface area contributed by atoms with Gasteiger partial charge in [-0.1, -0.05) is 32.1 Å². The zero-order valence-electron chi connectivity index (χ0n) is 27.2. The van der Waals surface area contributed by atoms with Crippen molar-refractivity contribution in [2.75, 3.05) is 64.5 Å². The number of amides is 2. The van der Waals surface area contributed by atoms with Gasteiger partial charge in [0.1, 0.15) is 6.10 Å². The highest BCUT2D eigenvalue weighted by molar-refractivity contribution is 5.94. The topological polar surface area (TPSA) is 120 Å². The molecule has 2 N–H and O–H groups in total. The van der Waals surface area contributed by atoms with Gasteiger partial charge in [-0.3, -0.25) is 9.59 Å². The van der Waals surface area contributed by atoms with E-state index in [2.05, 4.69) is 41.5 Å². The summed E-state index contributed by atoms with van der Waals surface area (Å²) in [5, 5.41) is 11.1. The lowest BCUT2D eigenvalue weighted by Gasteiger charge is -2.31. The number of fused-ring (bicyclic) bond motifs is 1. The summed E-state index contributed by atoms with van der Waals surface area (Å²) in [4.78, 5) is 41.4. The average molecular weight is 618 g/mol. The highest BCUT2D eigenvalue weighted by atomic mass is 16.5. The zero-order valence-corrected chi connectivity index (χ0v) is 27.2. The van der Waals surface area contributed by atoms with Crippen molar-refractivity contribution in [3.63, 3.8) is 0 Å². The van der Waals surface area contributed by atoms with Gasteiger partial charge in [0.15, 0.2) is 5.65 Å². The molecule has 4 heterocycles. The molecule has 1 aromatic carbocycles. The number of benzene rings is 1.